The second kappa shape index (κ2) is 5.21. The van der Waals surface area contributed by atoms with Gasteiger partial charge in [0.2, 0.25) is 0 Å². The first-order valence-corrected chi connectivity index (χ1v) is 3.04. The van der Waals surface area contributed by atoms with Crippen molar-refractivity contribution in [3.8, 4) is 0 Å². The fourth-order valence-electron chi connectivity index (χ4n) is 0.941. The Labute approximate surface area is 79.3 Å². The van der Waals surface area contributed by atoms with Crippen molar-refractivity contribution in [3.05, 3.63) is 12.2 Å². The molecule has 0 heterocycles. The minimum Gasteiger partial charge on any atom is -1.00 e. The molecule has 0 aromatic carbocycles. The second-order valence-electron chi connectivity index (χ2n) is 2.18. The molecule has 2 heteroatoms. The van der Waals surface area contributed by atoms with Crippen LogP contribution in [0.4, 0.5) is 0 Å². The third-order valence-electron chi connectivity index (χ3n) is 1.50. The van der Waals surface area contributed by atoms with Gasteiger partial charge in [0.25, 0.3) is 0 Å². The minimum absolute atomic E-state index is 0. The van der Waals surface area contributed by atoms with E-state index in [1.807, 2.05) is 0 Å². The Bertz CT molecular complexity index is 114. The zero-order chi connectivity index (χ0) is 5.82. The molecule has 0 saturated heterocycles. The SMILES string of the molecule is O=CC1CC=CCC1.[H-].[Na+]. The summed E-state index contributed by atoms with van der Waals surface area (Å²) in [5, 5.41) is 0. The first-order valence-electron chi connectivity index (χ1n) is 3.04. The van der Waals surface area contributed by atoms with E-state index in [1.54, 1.807) is 0 Å². The quantitative estimate of drug-likeness (QED) is 0.246. The van der Waals surface area contributed by atoms with E-state index in [4.69, 9.17) is 0 Å². The fraction of sp³-hybridized carbons (Fsp3) is 0.571. The third-order valence-corrected chi connectivity index (χ3v) is 1.50. The van der Waals surface area contributed by atoms with E-state index in [0.717, 1.165) is 25.5 Å². The number of hydrogen-bond acceptors (Lipinski definition) is 1. The Kier molecular flexibility index (Phi) is 5.45. The summed E-state index contributed by atoms with van der Waals surface area (Å²) in [6, 6.07) is 0. The van der Waals surface area contributed by atoms with Crippen molar-refractivity contribution in [2.24, 2.45) is 5.92 Å². The van der Waals surface area contributed by atoms with Gasteiger partial charge in [-0.25, -0.2) is 0 Å². The van der Waals surface area contributed by atoms with Crippen molar-refractivity contribution in [3.63, 3.8) is 0 Å². The van der Waals surface area contributed by atoms with Crippen LogP contribution in [0.25, 0.3) is 0 Å². The Morgan fingerprint density at radius 3 is 2.67 bits per heavy atom. The molecule has 1 unspecified atom stereocenters. The average Bonchev–Trinajstić information content (AvgIpc) is 1.90. The number of rotatable bonds is 1. The molecule has 0 aromatic heterocycles. The topological polar surface area (TPSA) is 17.1 Å². The van der Waals surface area contributed by atoms with Crippen molar-refractivity contribution in [1.29, 1.82) is 0 Å². The van der Waals surface area contributed by atoms with Gasteiger partial charge >= 0.3 is 29.6 Å². The zero-order valence-electron chi connectivity index (χ0n) is 6.84. The standard InChI is InChI=1S/C7H10O.Na.H/c8-6-7-4-2-1-3-5-7;;/h1-2,6-7H,3-5H2;;/q;+1;-1. The third kappa shape index (κ3) is 3.19. The van der Waals surface area contributed by atoms with E-state index in [1.165, 1.54) is 0 Å². The van der Waals surface area contributed by atoms with Crippen molar-refractivity contribution >= 4 is 6.29 Å². The maximum Gasteiger partial charge on any atom is 1.00 e. The molecule has 0 fully saturated rings. The van der Waals surface area contributed by atoms with Crippen LogP contribution in [0.2, 0.25) is 0 Å². The van der Waals surface area contributed by atoms with Gasteiger partial charge in [-0.2, -0.15) is 0 Å². The van der Waals surface area contributed by atoms with Gasteiger partial charge in [0, 0.05) is 5.92 Å². The first kappa shape index (κ1) is 9.41. The molecule has 1 atom stereocenters. The summed E-state index contributed by atoms with van der Waals surface area (Å²) in [7, 11) is 0. The Balaban J connectivity index is 0. The molecule has 0 saturated carbocycles. The number of hydrogen-bond donors (Lipinski definition) is 0. The van der Waals surface area contributed by atoms with Crippen LogP contribution in [0.5, 0.6) is 0 Å². The largest absolute Gasteiger partial charge is 1.00 e. The molecule has 46 valence electrons. The summed E-state index contributed by atoms with van der Waals surface area (Å²) in [5.74, 6) is 0.319. The minimum atomic E-state index is 0. The molecule has 0 aromatic rings. The van der Waals surface area contributed by atoms with Gasteiger partial charge < -0.3 is 6.22 Å². The molecule has 1 aliphatic rings. The molecule has 0 aliphatic heterocycles. The molecular weight excluding hydrogens is 123 g/mol. The molecule has 0 bridgehead atoms. The van der Waals surface area contributed by atoms with Crippen LogP contribution in [0.1, 0.15) is 20.7 Å². The zero-order valence-corrected chi connectivity index (χ0v) is 7.84. The van der Waals surface area contributed by atoms with Crippen LogP contribution in [-0.4, -0.2) is 6.29 Å². The van der Waals surface area contributed by atoms with Gasteiger partial charge in [-0.05, 0) is 19.3 Å². The van der Waals surface area contributed by atoms with Crippen LogP contribution in [0.3, 0.4) is 0 Å². The smallest absolute Gasteiger partial charge is 1.00 e. The molecule has 1 nitrogen and oxygen atoms in total. The van der Waals surface area contributed by atoms with E-state index in [0.29, 0.717) is 5.92 Å². The van der Waals surface area contributed by atoms with E-state index in [9.17, 15) is 4.79 Å². The van der Waals surface area contributed by atoms with Gasteiger partial charge in [-0.1, -0.05) is 12.2 Å². The number of carbonyl (C=O) groups is 1. The predicted octanol–water partition coefficient (Wildman–Crippen LogP) is -1.34. The predicted molar refractivity (Wildman–Crippen MR) is 33.7 cm³/mol. The molecular formula is C7H11NaO. The van der Waals surface area contributed by atoms with Gasteiger partial charge in [0.15, 0.2) is 0 Å². The van der Waals surface area contributed by atoms with Crippen LogP contribution in [-0.2, 0) is 4.79 Å². The number of carbonyl (C=O) groups excluding carboxylic acids is 1. The molecule has 9 heavy (non-hydrogen) atoms. The maximum atomic E-state index is 10.1. The van der Waals surface area contributed by atoms with Crippen LogP contribution >= 0.6 is 0 Å². The van der Waals surface area contributed by atoms with Gasteiger partial charge in [0.05, 0.1) is 0 Å². The van der Waals surface area contributed by atoms with Crippen molar-refractivity contribution in [2.45, 2.75) is 19.3 Å². The molecule has 0 spiro atoms. The molecule has 0 amide bonds. The average molecular weight is 134 g/mol. The molecule has 0 radical (unpaired) electrons. The number of aldehydes is 1. The van der Waals surface area contributed by atoms with E-state index < -0.39 is 0 Å². The summed E-state index contributed by atoms with van der Waals surface area (Å²) in [4.78, 5) is 10.1. The second-order valence-corrected chi connectivity index (χ2v) is 2.18. The van der Waals surface area contributed by atoms with E-state index in [-0.39, 0.29) is 31.0 Å². The van der Waals surface area contributed by atoms with Crippen molar-refractivity contribution in [1.82, 2.24) is 0 Å². The monoisotopic (exact) mass is 134 g/mol. The first-order chi connectivity index (χ1) is 3.93. The van der Waals surface area contributed by atoms with Crippen LogP contribution < -0.4 is 29.6 Å². The van der Waals surface area contributed by atoms with E-state index in [2.05, 4.69) is 12.2 Å². The van der Waals surface area contributed by atoms with Crippen molar-refractivity contribution < 1.29 is 35.8 Å². The summed E-state index contributed by atoms with van der Waals surface area (Å²) < 4.78 is 0. The molecule has 1 rings (SSSR count). The van der Waals surface area contributed by atoms with Gasteiger partial charge in [0.1, 0.15) is 6.29 Å². The maximum absolute atomic E-state index is 10.1. The summed E-state index contributed by atoms with van der Waals surface area (Å²) in [5.41, 5.74) is 0. The normalized spacial score (nSPS) is 24.7. The summed E-state index contributed by atoms with van der Waals surface area (Å²) in [6.07, 6.45) is 8.39. The Morgan fingerprint density at radius 2 is 2.33 bits per heavy atom. The summed E-state index contributed by atoms with van der Waals surface area (Å²) in [6.45, 7) is 0. The van der Waals surface area contributed by atoms with Crippen LogP contribution in [0.15, 0.2) is 12.2 Å². The number of allylic oxidation sites excluding steroid dienone is 2. The van der Waals surface area contributed by atoms with E-state index >= 15 is 0 Å². The fourth-order valence-corrected chi connectivity index (χ4v) is 0.941. The Hall–Kier alpha value is 0.410. The molecule has 0 N–H and O–H groups in total. The van der Waals surface area contributed by atoms with Gasteiger partial charge in [-0.15, -0.1) is 0 Å². The van der Waals surface area contributed by atoms with Gasteiger partial charge in [-0.3, -0.25) is 0 Å². The Morgan fingerprint density at radius 1 is 1.56 bits per heavy atom. The van der Waals surface area contributed by atoms with Crippen LogP contribution in [0, 0.1) is 5.92 Å². The van der Waals surface area contributed by atoms with Crippen molar-refractivity contribution in [2.75, 3.05) is 0 Å². The summed E-state index contributed by atoms with van der Waals surface area (Å²) >= 11 is 0. The molecule has 1 aliphatic carbocycles.